The van der Waals surface area contributed by atoms with Gasteiger partial charge in [-0.25, -0.2) is 0 Å². The molecule has 176 valence electrons. The Balaban J connectivity index is 3.67. The first-order chi connectivity index (χ1) is 15.0. The van der Waals surface area contributed by atoms with E-state index in [-0.39, 0.29) is 31.7 Å². The monoisotopic (exact) mass is 436 g/mol. The van der Waals surface area contributed by atoms with Gasteiger partial charge in [-0.1, -0.05) is 62.0 Å². The number of aliphatic hydroxyl groups is 2. The molecular weight excluding hydrogens is 396 g/mol. The minimum absolute atomic E-state index is 0.123. The van der Waals surface area contributed by atoms with Crippen LogP contribution in [0.5, 0.6) is 0 Å². The molecule has 0 aliphatic rings. The van der Waals surface area contributed by atoms with Crippen LogP contribution >= 0.6 is 0 Å². The third kappa shape index (κ3) is 20.9. The van der Waals surface area contributed by atoms with Crippen molar-refractivity contribution in [1.29, 1.82) is 0 Å². The molecule has 0 saturated carbocycles. The van der Waals surface area contributed by atoms with E-state index in [1.807, 2.05) is 12.2 Å². The number of unbranched alkanes of at least 4 members (excludes halogenated alkanes) is 1. The van der Waals surface area contributed by atoms with Crippen LogP contribution < -0.4 is 0 Å². The Bertz CT molecular complexity index is 577. The van der Waals surface area contributed by atoms with E-state index in [1.54, 1.807) is 0 Å². The van der Waals surface area contributed by atoms with Gasteiger partial charge in [0.25, 0.3) is 0 Å². The maximum Gasteiger partial charge on any atom is 0.305 e. The van der Waals surface area contributed by atoms with Crippen molar-refractivity contribution in [3.63, 3.8) is 0 Å². The van der Waals surface area contributed by atoms with Crippen LogP contribution in [0, 0.1) is 0 Å². The zero-order chi connectivity index (χ0) is 23.2. The molecule has 0 fully saturated rings. The highest BCUT2D eigenvalue weighted by molar-refractivity contribution is 5.69. The van der Waals surface area contributed by atoms with Gasteiger partial charge in [-0.05, 0) is 44.9 Å². The van der Waals surface area contributed by atoms with Gasteiger partial charge in [0.15, 0.2) is 6.10 Å². The molecule has 0 aromatic carbocycles. The molecule has 0 aliphatic carbocycles. The van der Waals surface area contributed by atoms with Crippen molar-refractivity contribution in [3.8, 4) is 0 Å². The van der Waals surface area contributed by atoms with Gasteiger partial charge >= 0.3 is 11.9 Å². The smallest absolute Gasteiger partial charge is 0.305 e. The number of carbonyl (C=O) groups excluding carboxylic acids is 2. The molecule has 6 heteroatoms. The lowest BCUT2D eigenvalue weighted by molar-refractivity contribution is -0.159. The molecule has 0 bridgehead atoms. The molecule has 0 radical (unpaired) electrons. The van der Waals surface area contributed by atoms with Crippen LogP contribution in [-0.4, -0.2) is 47.6 Å². The van der Waals surface area contributed by atoms with Crippen molar-refractivity contribution in [2.45, 2.75) is 83.8 Å². The van der Waals surface area contributed by atoms with Crippen LogP contribution in [0.1, 0.15) is 71.6 Å². The quantitative estimate of drug-likeness (QED) is 0.186. The predicted molar refractivity (Wildman–Crippen MR) is 123 cm³/mol. The Morgan fingerprint density at radius 2 is 1.52 bits per heavy atom. The summed E-state index contributed by atoms with van der Waals surface area (Å²) in [6.45, 7) is 2.82. The first-order valence-corrected chi connectivity index (χ1v) is 11.2. The summed E-state index contributed by atoms with van der Waals surface area (Å²) >= 11 is 0. The van der Waals surface area contributed by atoms with Crippen molar-refractivity contribution < 1.29 is 29.3 Å². The molecule has 0 aliphatic heterocycles. The summed E-state index contributed by atoms with van der Waals surface area (Å²) in [5, 5.41) is 18.6. The summed E-state index contributed by atoms with van der Waals surface area (Å²) in [5.74, 6) is -0.880. The van der Waals surface area contributed by atoms with Crippen LogP contribution in [0.15, 0.2) is 48.6 Å². The van der Waals surface area contributed by atoms with Gasteiger partial charge in [-0.15, -0.1) is 0 Å². The molecule has 0 saturated heterocycles. The second kappa shape index (κ2) is 21.1. The molecule has 0 spiro atoms. The zero-order valence-electron chi connectivity index (χ0n) is 19.1. The minimum Gasteiger partial charge on any atom is -0.462 e. The number of rotatable bonds is 18. The van der Waals surface area contributed by atoms with Crippen LogP contribution in [-0.2, 0) is 19.1 Å². The third-order valence-electron chi connectivity index (χ3n) is 4.23. The SMILES string of the molecule is CCCC(O)C/C=C\C/C=C\C/C=C\C/C=C\CCCC(=O)OC[C@H](CO)OC(C)=O. The van der Waals surface area contributed by atoms with Gasteiger partial charge < -0.3 is 19.7 Å². The van der Waals surface area contributed by atoms with Crippen molar-refractivity contribution >= 4 is 11.9 Å². The molecule has 6 nitrogen and oxygen atoms in total. The topological polar surface area (TPSA) is 93.1 Å². The van der Waals surface area contributed by atoms with E-state index < -0.39 is 12.1 Å². The van der Waals surface area contributed by atoms with Crippen molar-refractivity contribution in [1.82, 2.24) is 0 Å². The minimum atomic E-state index is -0.802. The van der Waals surface area contributed by atoms with Crippen molar-refractivity contribution in [2.75, 3.05) is 13.2 Å². The maximum absolute atomic E-state index is 11.6. The fourth-order valence-corrected chi connectivity index (χ4v) is 2.62. The van der Waals surface area contributed by atoms with E-state index in [4.69, 9.17) is 14.6 Å². The molecule has 0 rings (SSSR count). The fraction of sp³-hybridized carbons (Fsp3) is 0.600. The predicted octanol–water partition coefficient (Wildman–Crippen LogP) is 4.57. The first kappa shape index (κ1) is 28.8. The Morgan fingerprint density at radius 1 is 0.935 bits per heavy atom. The number of aliphatic hydroxyl groups excluding tert-OH is 2. The van der Waals surface area contributed by atoms with Gasteiger partial charge in [0.05, 0.1) is 12.7 Å². The average Bonchev–Trinajstić information content (AvgIpc) is 2.73. The number of ether oxygens (including phenoxy) is 2. The van der Waals surface area contributed by atoms with Crippen molar-refractivity contribution in [2.24, 2.45) is 0 Å². The molecule has 0 amide bonds. The van der Waals surface area contributed by atoms with Gasteiger partial charge in [-0.2, -0.15) is 0 Å². The lowest BCUT2D eigenvalue weighted by Gasteiger charge is -2.14. The Morgan fingerprint density at radius 3 is 2.06 bits per heavy atom. The van der Waals surface area contributed by atoms with Crippen LogP contribution in [0.2, 0.25) is 0 Å². The van der Waals surface area contributed by atoms with E-state index in [1.165, 1.54) is 6.92 Å². The molecule has 31 heavy (non-hydrogen) atoms. The van der Waals surface area contributed by atoms with Crippen molar-refractivity contribution in [3.05, 3.63) is 48.6 Å². The number of hydrogen-bond acceptors (Lipinski definition) is 6. The number of carbonyl (C=O) groups is 2. The lowest BCUT2D eigenvalue weighted by atomic mass is 10.1. The van der Waals surface area contributed by atoms with E-state index >= 15 is 0 Å². The first-order valence-electron chi connectivity index (χ1n) is 11.2. The van der Waals surface area contributed by atoms with Crippen LogP contribution in [0.25, 0.3) is 0 Å². The zero-order valence-corrected chi connectivity index (χ0v) is 19.1. The van der Waals surface area contributed by atoms with E-state index in [2.05, 4.69) is 43.4 Å². The summed E-state index contributed by atoms with van der Waals surface area (Å²) in [7, 11) is 0. The summed E-state index contributed by atoms with van der Waals surface area (Å²) in [5.41, 5.74) is 0. The standard InChI is InChI=1S/C25H40O6/c1-3-17-23(28)18-15-13-11-9-7-5-4-6-8-10-12-14-16-19-25(29)30-21-24(20-26)31-22(2)27/h4,6-7,9-10,12-13,15,23-24,26,28H,3,5,8,11,14,16-21H2,1-2H3/b6-4-,9-7-,12-10-,15-13-/t23?,24-/m0/s1. The number of esters is 2. The molecule has 0 aromatic heterocycles. The molecule has 2 N–H and O–H groups in total. The summed E-state index contributed by atoms with van der Waals surface area (Å²) in [6, 6.07) is 0. The lowest BCUT2D eigenvalue weighted by Crippen LogP contribution is -2.27. The molecule has 1 unspecified atom stereocenters. The van der Waals surface area contributed by atoms with Gasteiger partial charge in [-0.3, -0.25) is 9.59 Å². The molecule has 0 heterocycles. The van der Waals surface area contributed by atoms with Gasteiger partial charge in [0, 0.05) is 13.3 Å². The molecule has 0 aromatic rings. The highest BCUT2D eigenvalue weighted by Crippen LogP contribution is 2.04. The fourth-order valence-electron chi connectivity index (χ4n) is 2.62. The average molecular weight is 437 g/mol. The van der Waals surface area contributed by atoms with Crippen LogP contribution in [0.4, 0.5) is 0 Å². The Labute approximate surface area is 187 Å². The highest BCUT2D eigenvalue weighted by Gasteiger charge is 2.13. The Kier molecular flexibility index (Phi) is 19.6. The maximum atomic E-state index is 11.6. The van der Waals surface area contributed by atoms with E-state index in [9.17, 15) is 14.7 Å². The summed E-state index contributed by atoms with van der Waals surface area (Å²) < 4.78 is 9.79. The highest BCUT2D eigenvalue weighted by atomic mass is 16.6. The second-order valence-electron chi connectivity index (χ2n) is 7.26. The summed E-state index contributed by atoms with van der Waals surface area (Å²) in [4.78, 5) is 22.4. The summed E-state index contributed by atoms with van der Waals surface area (Å²) in [6.07, 6.45) is 22.7. The third-order valence-corrected chi connectivity index (χ3v) is 4.23. The Hall–Kier alpha value is -2.18. The van der Waals surface area contributed by atoms with Gasteiger partial charge in [0.2, 0.25) is 0 Å². The van der Waals surface area contributed by atoms with E-state index in [0.29, 0.717) is 6.42 Å². The largest absolute Gasteiger partial charge is 0.462 e. The van der Waals surface area contributed by atoms with Gasteiger partial charge in [0.1, 0.15) is 6.61 Å². The van der Waals surface area contributed by atoms with Crippen LogP contribution in [0.3, 0.4) is 0 Å². The number of hydrogen-bond donors (Lipinski definition) is 2. The van der Waals surface area contributed by atoms with E-state index in [0.717, 1.165) is 44.9 Å². The molecule has 2 atom stereocenters. The number of allylic oxidation sites excluding steroid dienone is 7. The molecular formula is C25H40O6. The second-order valence-corrected chi connectivity index (χ2v) is 7.26. The normalized spacial score (nSPS) is 14.1.